The summed E-state index contributed by atoms with van der Waals surface area (Å²) in [6, 6.07) is 0. The van der Waals surface area contributed by atoms with Crippen molar-refractivity contribution in [2.75, 3.05) is 45.2 Å². The van der Waals surface area contributed by atoms with Crippen molar-refractivity contribution >= 4 is 109 Å². The van der Waals surface area contributed by atoms with Crippen molar-refractivity contribution in [3.63, 3.8) is 0 Å². The normalized spacial score (nSPS) is 14.0. The maximum Gasteiger partial charge on any atom is 0.477 e. The molecule has 0 radical (unpaired) electrons. The summed E-state index contributed by atoms with van der Waals surface area (Å²) >= 11 is 20.7. The van der Waals surface area contributed by atoms with Crippen LogP contribution in [0.15, 0.2) is 12.7 Å². The third kappa shape index (κ3) is 10.2. The van der Waals surface area contributed by atoms with Crippen LogP contribution in [0.1, 0.15) is 6.92 Å². The molecule has 0 saturated heterocycles. The predicted molar refractivity (Wildman–Crippen MR) is 134 cm³/mol. The Labute approximate surface area is 217 Å². The molecule has 0 amide bonds. The Kier molecular flexibility index (Phi) is 16.3. The van der Waals surface area contributed by atoms with E-state index in [-0.39, 0.29) is 24.0 Å². The van der Waals surface area contributed by atoms with Gasteiger partial charge in [0.25, 0.3) is 0 Å². The minimum absolute atomic E-state index is 0.0814. The molecule has 0 heterocycles. The van der Waals surface area contributed by atoms with Crippen LogP contribution in [0.4, 0.5) is 0 Å². The number of hydrogen-bond acceptors (Lipinski definition) is 6. The predicted octanol–water partition coefficient (Wildman–Crippen LogP) is 6.56. The van der Waals surface area contributed by atoms with Crippen molar-refractivity contribution in [2.45, 2.75) is 13.2 Å². The Hall–Kier alpha value is 2.20. The highest BCUT2D eigenvalue weighted by molar-refractivity contribution is 9.10. The Bertz CT molecular complexity index is 485. The van der Waals surface area contributed by atoms with Crippen LogP contribution in [0.5, 0.6) is 0 Å². The van der Waals surface area contributed by atoms with Crippen LogP contribution in [0.2, 0.25) is 0 Å². The summed E-state index contributed by atoms with van der Waals surface area (Å²) in [7, 11) is -4.05. The molecular formula is C15H23Br6O6P. The summed E-state index contributed by atoms with van der Waals surface area (Å²) in [6.07, 6.45) is -0.155. The molecule has 0 fully saturated rings. The summed E-state index contributed by atoms with van der Waals surface area (Å²) in [5.41, 5.74) is -0.748. The number of rotatable bonds is 16. The van der Waals surface area contributed by atoms with Crippen LogP contribution >= 0.6 is 103 Å². The first kappa shape index (κ1) is 30.2. The van der Waals surface area contributed by atoms with Crippen molar-refractivity contribution in [1.82, 2.24) is 0 Å². The van der Waals surface area contributed by atoms with Crippen molar-refractivity contribution in [3.05, 3.63) is 12.7 Å². The van der Waals surface area contributed by atoms with Gasteiger partial charge in [0, 0.05) is 48.9 Å². The Morgan fingerprint density at radius 1 is 0.929 bits per heavy atom. The number of phosphoric ester groups is 1. The number of halogens is 6. The average Bonchev–Trinajstić information content (AvgIpc) is 2.70. The molecule has 0 saturated carbocycles. The van der Waals surface area contributed by atoms with E-state index in [0.717, 1.165) is 6.08 Å². The molecule has 1 unspecified atom stereocenters. The van der Waals surface area contributed by atoms with Gasteiger partial charge in [0.15, 0.2) is 0 Å². The lowest BCUT2D eigenvalue weighted by Gasteiger charge is -2.32. The van der Waals surface area contributed by atoms with Gasteiger partial charge in [-0.2, -0.15) is 0 Å². The molecule has 0 aromatic carbocycles. The van der Waals surface area contributed by atoms with E-state index >= 15 is 0 Å². The van der Waals surface area contributed by atoms with E-state index in [9.17, 15) is 9.36 Å². The third-order valence-electron chi connectivity index (χ3n) is 3.48. The van der Waals surface area contributed by atoms with E-state index in [1.165, 1.54) is 6.92 Å². The molecule has 0 spiro atoms. The van der Waals surface area contributed by atoms with Crippen LogP contribution in [0.3, 0.4) is 0 Å². The van der Waals surface area contributed by atoms with Gasteiger partial charge in [-0.15, -0.1) is 0 Å². The summed E-state index contributed by atoms with van der Waals surface area (Å²) in [6.45, 7) is 4.91. The van der Waals surface area contributed by atoms with Crippen LogP contribution in [0.25, 0.3) is 0 Å². The first-order chi connectivity index (χ1) is 13.1. The molecule has 0 aromatic heterocycles. The van der Waals surface area contributed by atoms with Crippen LogP contribution in [-0.4, -0.2) is 57.5 Å². The standard InChI is InChI=1S/C15H23Br6O6P/c1-3-13(22)26-12(2)27-28(23,24-10-14(4-16,5-17)6-18)25-11-15(7-19,8-20)9-21/h3,12H,1,4-11H2,2H3. The zero-order valence-electron chi connectivity index (χ0n) is 15.2. The molecule has 28 heavy (non-hydrogen) atoms. The molecule has 166 valence electrons. The summed E-state index contributed by atoms with van der Waals surface area (Å²) in [5, 5.41) is 3.53. The monoisotopic (exact) mass is 804 g/mol. The fraction of sp³-hybridized carbons (Fsp3) is 0.800. The SMILES string of the molecule is C=CC(=O)OC(C)OP(=O)(OCC(CBr)(CBr)CBr)OCC(CBr)(CBr)CBr. The second-order valence-electron chi connectivity index (χ2n) is 6.11. The van der Waals surface area contributed by atoms with Gasteiger partial charge < -0.3 is 4.74 Å². The Morgan fingerprint density at radius 3 is 1.57 bits per heavy atom. The number of esters is 1. The van der Waals surface area contributed by atoms with Gasteiger partial charge in [-0.3, -0.25) is 9.05 Å². The van der Waals surface area contributed by atoms with E-state index in [0.29, 0.717) is 32.0 Å². The van der Waals surface area contributed by atoms with Gasteiger partial charge in [-0.05, 0) is 6.92 Å². The maximum atomic E-state index is 13.3. The molecule has 0 aromatic rings. The minimum Gasteiger partial charge on any atom is -0.432 e. The van der Waals surface area contributed by atoms with Gasteiger partial charge in [0.05, 0.1) is 13.2 Å². The van der Waals surface area contributed by atoms with Crippen LogP contribution in [0, 0.1) is 10.8 Å². The number of ether oxygens (including phenoxy) is 1. The molecule has 0 N–H and O–H groups in total. The minimum atomic E-state index is -4.05. The molecule has 6 nitrogen and oxygen atoms in total. The number of carbonyl (C=O) groups excluding carboxylic acids is 1. The zero-order valence-corrected chi connectivity index (χ0v) is 25.6. The zero-order chi connectivity index (χ0) is 21.8. The van der Waals surface area contributed by atoms with E-state index in [2.05, 4.69) is 102 Å². The fourth-order valence-electron chi connectivity index (χ4n) is 1.39. The second-order valence-corrected chi connectivity index (χ2v) is 11.1. The molecule has 0 aliphatic heterocycles. The number of carbonyl (C=O) groups is 1. The molecule has 0 bridgehead atoms. The molecule has 0 rings (SSSR count). The van der Waals surface area contributed by atoms with Crippen LogP contribution in [-0.2, 0) is 27.7 Å². The van der Waals surface area contributed by atoms with Crippen molar-refractivity contribution in [1.29, 1.82) is 0 Å². The van der Waals surface area contributed by atoms with E-state index in [4.69, 9.17) is 18.3 Å². The fourth-order valence-corrected chi connectivity index (χ4v) is 9.40. The van der Waals surface area contributed by atoms with Crippen molar-refractivity contribution < 1.29 is 27.7 Å². The molecule has 1 atom stereocenters. The van der Waals surface area contributed by atoms with Crippen molar-refractivity contribution in [2.24, 2.45) is 10.8 Å². The lowest BCUT2D eigenvalue weighted by molar-refractivity contribution is -0.157. The van der Waals surface area contributed by atoms with E-state index in [1.807, 2.05) is 0 Å². The quantitative estimate of drug-likeness (QED) is 0.0579. The first-order valence-electron chi connectivity index (χ1n) is 7.89. The van der Waals surface area contributed by atoms with E-state index < -0.39 is 20.1 Å². The second kappa shape index (κ2) is 15.1. The van der Waals surface area contributed by atoms with Gasteiger partial charge in [0.1, 0.15) is 0 Å². The number of alkyl halides is 6. The van der Waals surface area contributed by atoms with Gasteiger partial charge in [-0.1, -0.05) is 102 Å². The maximum absolute atomic E-state index is 13.3. The van der Waals surface area contributed by atoms with E-state index in [1.54, 1.807) is 0 Å². The molecule has 0 aliphatic rings. The van der Waals surface area contributed by atoms with Crippen molar-refractivity contribution in [3.8, 4) is 0 Å². The van der Waals surface area contributed by atoms with Gasteiger partial charge in [-0.25, -0.2) is 13.9 Å². The summed E-state index contributed by atoms with van der Waals surface area (Å²) < 4.78 is 34.9. The average molecular weight is 810 g/mol. The Morgan fingerprint density at radius 2 is 1.29 bits per heavy atom. The number of hydrogen-bond donors (Lipinski definition) is 0. The highest BCUT2D eigenvalue weighted by Crippen LogP contribution is 2.53. The topological polar surface area (TPSA) is 71.1 Å². The number of phosphoric acid groups is 1. The van der Waals surface area contributed by atoms with Crippen LogP contribution < -0.4 is 0 Å². The lowest BCUT2D eigenvalue weighted by Crippen LogP contribution is -2.34. The first-order valence-corrected chi connectivity index (χ1v) is 16.1. The molecule has 0 aliphatic carbocycles. The molecular weight excluding hydrogens is 787 g/mol. The summed E-state index contributed by atoms with van der Waals surface area (Å²) in [4.78, 5) is 11.4. The largest absolute Gasteiger partial charge is 0.477 e. The third-order valence-corrected chi connectivity index (χ3v) is 12.1. The van der Waals surface area contributed by atoms with Gasteiger partial charge in [0.2, 0.25) is 6.29 Å². The highest BCUT2D eigenvalue weighted by Gasteiger charge is 2.39. The smallest absolute Gasteiger partial charge is 0.432 e. The van der Waals surface area contributed by atoms with Gasteiger partial charge >= 0.3 is 13.8 Å². The lowest BCUT2D eigenvalue weighted by atomic mass is 9.98. The Balaban J connectivity index is 5.42. The highest BCUT2D eigenvalue weighted by atomic mass is 79.9. The molecule has 13 heteroatoms. The summed E-state index contributed by atoms with van der Waals surface area (Å²) in [5.74, 6) is -0.703.